The number of carbonyl (C=O) groups is 3. The summed E-state index contributed by atoms with van der Waals surface area (Å²) in [6, 6.07) is 0. The highest BCUT2D eigenvalue weighted by atomic mass is 16.7. The second kappa shape index (κ2) is 52.1. The molecule has 0 rings (SSSR count). The summed E-state index contributed by atoms with van der Waals surface area (Å²) in [7, 11) is 5.93. The van der Waals surface area contributed by atoms with Crippen molar-refractivity contribution in [3.8, 4) is 0 Å². The van der Waals surface area contributed by atoms with Crippen LogP contribution < -0.4 is 5.11 Å². The van der Waals surface area contributed by atoms with Gasteiger partial charge < -0.3 is 33.3 Å². The van der Waals surface area contributed by atoms with Crippen molar-refractivity contribution in [3.05, 3.63) is 24.3 Å². The summed E-state index contributed by atoms with van der Waals surface area (Å²) in [6.07, 6.45) is 57.9. The van der Waals surface area contributed by atoms with Gasteiger partial charge in [-0.1, -0.05) is 250 Å². The third kappa shape index (κ3) is 53.4. The van der Waals surface area contributed by atoms with E-state index in [4.69, 9.17) is 18.9 Å². The van der Waals surface area contributed by atoms with E-state index in [0.29, 0.717) is 23.9 Å². The Kier molecular flexibility index (Phi) is 50.4. The minimum Gasteiger partial charge on any atom is -0.545 e. The molecule has 0 aliphatic carbocycles. The zero-order valence-corrected chi connectivity index (χ0v) is 46.2. The number of ether oxygens (including phenoxy) is 4. The Morgan fingerprint density at radius 2 is 0.783 bits per heavy atom. The smallest absolute Gasteiger partial charge is 0.306 e. The molecule has 0 aromatic carbocycles. The lowest BCUT2D eigenvalue weighted by Gasteiger charge is -2.26. The molecule has 406 valence electrons. The Hall–Kier alpha value is -2.23. The number of rotatable bonds is 55. The number of nitrogens with zero attached hydrogens (tertiary/aromatic N) is 1. The van der Waals surface area contributed by atoms with Crippen molar-refractivity contribution in [2.75, 3.05) is 47.5 Å². The van der Waals surface area contributed by atoms with Crippen molar-refractivity contribution in [1.82, 2.24) is 0 Å². The maximum Gasteiger partial charge on any atom is 0.306 e. The molecule has 9 heteroatoms. The standard InChI is InChI=1S/C60H113NO8/c1-6-8-10-12-14-16-18-20-22-24-26-28-29-31-33-35-37-39-41-43-45-47-49-51-58(63)69-56(55-68-60(59(64)65)66-53-52-61(3,4)5)54-67-57(62)50-48-46-44-42-40-38-36-34-32-30-27-25-23-21-19-17-15-13-11-9-7-2/h18,20,24,26,56,60H,6-17,19,21-23,25,27-55H2,1-5H3/b20-18-,26-24-. The lowest BCUT2D eigenvalue weighted by Crippen LogP contribution is -2.44. The predicted molar refractivity (Wildman–Crippen MR) is 288 cm³/mol. The van der Waals surface area contributed by atoms with E-state index in [9.17, 15) is 19.5 Å². The van der Waals surface area contributed by atoms with Crippen molar-refractivity contribution in [2.45, 2.75) is 296 Å². The number of esters is 2. The highest BCUT2D eigenvalue weighted by molar-refractivity contribution is 5.70. The van der Waals surface area contributed by atoms with Crippen LogP contribution in [0.3, 0.4) is 0 Å². The van der Waals surface area contributed by atoms with Gasteiger partial charge in [0.2, 0.25) is 0 Å². The van der Waals surface area contributed by atoms with Crippen LogP contribution >= 0.6 is 0 Å². The third-order valence-electron chi connectivity index (χ3n) is 13.2. The number of allylic oxidation sites excluding steroid dienone is 4. The Morgan fingerprint density at radius 3 is 1.14 bits per heavy atom. The van der Waals surface area contributed by atoms with E-state index < -0.39 is 24.3 Å². The van der Waals surface area contributed by atoms with Crippen LogP contribution in [-0.2, 0) is 33.3 Å². The second-order valence-electron chi connectivity index (χ2n) is 21.3. The van der Waals surface area contributed by atoms with Crippen molar-refractivity contribution in [3.63, 3.8) is 0 Å². The minimum absolute atomic E-state index is 0.150. The quantitative estimate of drug-likeness (QED) is 0.0195. The summed E-state index contributed by atoms with van der Waals surface area (Å²) in [5.74, 6) is -2.26. The third-order valence-corrected chi connectivity index (χ3v) is 13.2. The molecule has 0 N–H and O–H groups in total. The van der Waals surface area contributed by atoms with Crippen LogP contribution in [0.2, 0.25) is 0 Å². The number of hydrogen-bond acceptors (Lipinski definition) is 8. The van der Waals surface area contributed by atoms with Crippen LogP contribution in [0, 0.1) is 0 Å². The Balaban J connectivity index is 4.21. The van der Waals surface area contributed by atoms with Gasteiger partial charge >= 0.3 is 11.9 Å². The van der Waals surface area contributed by atoms with Crippen LogP contribution in [-0.4, -0.2) is 82.3 Å². The van der Waals surface area contributed by atoms with E-state index in [2.05, 4.69) is 38.2 Å². The van der Waals surface area contributed by atoms with Crippen LogP contribution in [0.4, 0.5) is 0 Å². The van der Waals surface area contributed by atoms with E-state index in [0.717, 1.165) is 44.9 Å². The average Bonchev–Trinajstić information content (AvgIpc) is 3.31. The summed E-state index contributed by atoms with van der Waals surface area (Å²) in [5.41, 5.74) is 0. The van der Waals surface area contributed by atoms with Gasteiger partial charge in [0, 0.05) is 12.8 Å². The number of carboxylic acids is 1. The maximum atomic E-state index is 12.9. The zero-order valence-electron chi connectivity index (χ0n) is 46.2. The van der Waals surface area contributed by atoms with E-state index >= 15 is 0 Å². The van der Waals surface area contributed by atoms with Crippen molar-refractivity contribution in [2.24, 2.45) is 0 Å². The molecule has 0 radical (unpaired) electrons. The summed E-state index contributed by atoms with van der Waals surface area (Å²) < 4.78 is 22.7. The lowest BCUT2D eigenvalue weighted by molar-refractivity contribution is -0.870. The molecule has 2 atom stereocenters. The molecule has 0 aromatic heterocycles. The Bertz CT molecular complexity index is 1180. The summed E-state index contributed by atoms with van der Waals surface area (Å²) in [5, 5.41) is 11.8. The molecule has 0 amide bonds. The van der Waals surface area contributed by atoms with Crippen molar-refractivity contribution < 1.29 is 42.9 Å². The Labute approximate surface area is 427 Å². The van der Waals surface area contributed by atoms with Crippen molar-refractivity contribution in [1.29, 1.82) is 0 Å². The average molecular weight is 977 g/mol. The van der Waals surface area contributed by atoms with E-state index in [1.807, 2.05) is 21.1 Å². The molecule has 0 aliphatic rings. The highest BCUT2D eigenvalue weighted by Crippen LogP contribution is 2.17. The SMILES string of the molecule is CCCCCCC/C=C\C/C=C\CCCCCCCCCCCCCC(=O)OC(COC(=O)CCCCCCCCCCCCCCCCCCCCCCC)COC(OCC[N+](C)(C)C)C(=O)[O-]. The van der Waals surface area contributed by atoms with Gasteiger partial charge in [-0.3, -0.25) is 9.59 Å². The molecule has 0 saturated heterocycles. The number of unbranched alkanes of at least 4 members (excludes halogenated alkanes) is 36. The number of likely N-dealkylation sites (N-methyl/N-ethyl adjacent to an activating group) is 1. The molecule has 0 heterocycles. The fourth-order valence-corrected chi connectivity index (χ4v) is 8.63. The summed E-state index contributed by atoms with van der Waals surface area (Å²) in [4.78, 5) is 37.3. The normalized spacial score (nSPS) is 12.9. The predicted octanol–water partition coefficient (Wildman–Crippen LogP) is 15.8. The van der Waals surface area contributed by atoms with Gasteiger partial charge in [-0.15, -0.1) is 0 Å². The minimum atomic E-state index is -1.62. The number of carboxylic acid groups (broad SMARTS) is 1. The van der Waals surface area contributed by atoms with Gasteiger partial charge in [-0.05, 0) is 44.9 Å². The molecule has 0 saturated carbocycles. The largest absolute Gasteiger partial charge is 0.545 e. The number of aliphatic carboxylic acids is 1. The van der Waals surface area contributed by atoms with Crippen LogP contribution in [0.15, 0.2) is 24.3 Å². The highest BCUT2D eigenvalue weighted by Gasteiger charge is 2.22. The maximum absolute atomic E-state index is 12.9. The first-order valence-corrected chi connectivity index (χ1v) is 29.5. The van der Waals surface area contributed by atoms with E-state index in [-0.39, 0.29) is 32.2 Å². The zero-order chi connectivity index (χ0) is 50.6. The molecule has 0 bridgehead atoms. The second-order valence-corrected chi connectivity index (χ2v) is 21.3. The lowest BCUT2D eigenvalue weighted by atomic mass is 10.0. The molecule has 0 aromatic rings. The fraction of sp³-hybridized carbons (Fsp3) is 0.883. The van der Waals surface area contributed by atoms with Gasteiger partial charge in [0.15, 0.2) is 12.4 Å². The van der Waals surface area contributed by atoms with Crippen LogP contribution in [0.25, 0.3) is 0 Å². The van der Waals surface area contributed by atoms with Gasteiger partial charge in [0.1, 0.15) is 13.2 Å². The van der Waals surface area contributed by atoms with E-state index in [1.165, 1.54) is 205 Å². The number of hydrogen-bond donors (Lipinski definition) is 0. The molecule has 0 spiro atoms. The number of quaternary nitrogens is 1. The molecular formula is C60H113NO8. The van der Waals surface area contributed by atoms with Gasteiger partial charge in [-0.25, -0.2) is 0 Å². The molecular weight excluding hydrogens is 863 g/mol. The first kappa shape index (κ1) is 66.8. The van der Waals surface area contributed by atoms with Gasteiger partial charge in [0.25, 0.3) is 0 Å². The molecule has 2 unspecified atom stereocenters. The first-order chi connectivity index (χ1) is 33.6. The van der Waals surface area contributed by atoms with Crippen LogP contribution in [0.1, 0.15) is 284 Å². The first-order valence-electron chi connectivity index (χ1n) is 29.5. The van der Waals surface area contributed by atoms with Gasteiger partial charge in [0.05, 0.1) is 40.3 Å². The molecule has 9 nitrogen and oxygen atoms in total. The van der Waals surface area contributed by atoms with Crippen LogP contribution in [0.5, 0.6) is 0 Å². The molecule has 0 fully saturated rings. The monoisotopic (exact) mass is 976 g/mol. The molecule has 69 heavy (non-hydrogen) atoms. The Morgan fingerprint density at radius 1 is 0.435 bits per heavy atom. The summed E-state index contributed by atoms with van der Waals surface area (Å²) >= 11 is 0. The van der Waals surface area contributed by atoms with E-state index in [1.54, 1.807) is 0 Å². The topological polar surface area (TPSA) is 111 Å². The molecule has 0 aliphatic heterocycles. The summed E-state index contributed by atoms with van der Waals surface area (Å²) in [6.45, 7) is 4.79. The number of carbonyl (C=O) groups excluding carboxylic acids is 3. The van der Waals surface area contributed by atoms with Gasteiger partial charge in [-0.2, -0.15) is 0 Å². The van der Waals surface area contributed by atoms with Crippen molar-refractivity contribution >= 4 is 17.9 Å². The fourth-order valence-electron chi connectivity index (χ4n) is 8.63.